The van der Waals surface area contributed by atoms with E-state index < -0.39 is 12.9 Å². The molecule has 3 aliphatic heterocycles. The number of carbonyl (C=O) groups excluding carboxylic acids is 2. The fourth-order valence-electron chi connectivity index (χ4n) is 8.76. The van der Waals surface area contributed by atoms with Gasteiger partial charge in [-0.25, -0.2) is 27.5 Å². The van der Waals surface area contributed by atoms with Gasteiger partial charge in [0.05, 0.1) is 23.1 Å². The molecule has 68 heavy (non-hydrogen) atoms. The Morgan fingerprint density at radius 3 is 1.75 bits per heavy atom. The SMILES string of the molecule is CC.CC.CNC(=O)c1ccc2c(n1)c(N(C)c1ccc(C)c(C(F)F)c1)nn2C1CCOCC1.CNC(=O)c1ccc2c(n1)c(N1CCCc3cc(C)c(C(F)F)cc31)nn2C1CCOCC1. The lowest BCUT2D eigenvalue weighted by atomic mass is 9.96. The van der Waals surface area contributed by atoms with E-state index in [9.17, 15) is 27.2 Å². The minimum atomic E-state index is -2.57. The molecule has 2 aromatic carbocycles. The summed E-state index contributed by atoms with van der Waals surface area (Å²) in [5, 5.41) is 15.0. The molecule has 2 N–H and O–H groups in total. The molecule has 366 valence electrons. The van der Waals surface area contributed by atoms with Gasteiger partial charge in [0.15, 0.2) is 11.6 Å². The normalized spacial score (nSPS) is 15.2. The molecule has 4 aromatic heterocycles. The van der Waals surface area contributed by atoms with Crippen LogP contribution in [0.5, 0.6) is 0 Å². The van der Waals surface area contributed by atoms with Crippen molar-refractivity contribution in [3.63, 3.8) is 0 Å². The Bertz CT molecular complexity index is 2680. The van der Waals surface area contributed by atoms with Crippen LogP contribution in [0, 0.1) is 13.8 Å². The largest absolute Gasteiger partial charge is 0.381 e. The highest BCUT2D eigenvalue weighted by Crippen LogP contribution is 2.41. The Morgan fingerprint density at radius 2 is 1.21 bits per heavy atom. The third-order valence-corrected chi connectivity index (χ3v) is 12.3. The molecule has 2 fully saturated rings. The summed E-state index contributed by atoms with van der Waals surface area (Å²) in [6.45, 7) is 14.7. The van der Waals surface area contributed by atoms with Crippen LogP contribution in [0.25, 0.3) is 22.1 Å². The molecule has 0 unspecified atom stereocenters. The summed E-state index contributed by atoms with van der Waals surface area (Å²) in [5.74, 6) is 0.532. The van der Waals surface area contributed by atoms with Gasteiger partial charge in [0.2, 0.25) is 0 Å². The van der Waals surface area contributed by atoms with E-state index in [1.165, 1.54) is 6.07 Å². The molecule has 6 aromatic rings. The second-order valence-electron chi connectivity index (χ2n) is 16.3. The molecule has 0 atom stereocenters. The lowest BCUT2D eigenvalue weighted by Gasteiger charge is -2.31. The smallest absolute Gasteiger partial charge is 0.269 e. The van der Waals surface area contributed by atoms with E-state index in [4.69, 9.17) is 19.7 Å². The highest BCUT2D eigenvalue weighted by Gasteiger charge is 2.30. The quantitative estimate of drug-likeness (QED) is 0.134. The van der Waals surface area contributed by atoms with Gasteiger partial charge in [-0.3, -0.25) is 19.0 Å². The molecule has 2 saturated heterocycles. The Kier molecular flexibility index (Phi) is 17.5. The van der Waals surface area contributed by atoms with Gasteiger partial charge in [-0.2, -0.15) is 10.2 Å². The minimum Gasteiger partial charge on any atom is -0.381 e. The number of hydrogen-bond acceptors (Lipinski definition) is 10. The number of anilines is 4. The molecule has 3 aliphatic rings. The van der Waals surface area contributed by atoms with Crippen molar-refractivity contribution in [3.05, 3.63) is 93.8 Å². The third-order valence-electron chi connectivity index (χ3n) is 12.3. The van der Waals surface area contributed by atoms with Crippen LogP contribution in [0.2, 0.25) is 0 Å². The predicted octanol–water partition coefficient (Wildman–Crippen LogP) is 10.7. The second-order valence-corrected chi connectivity index (χ2v) is 16.3. The van der Waals surface area contributed by atoms with Crippen molar-refractivity contribution < 1.29 is 36.6 Å². The van der Waals surface area contributed by atoms with Gasteiger partial charge < -0.3 is 29.9 Å². The topological polar surface area (TPSA) is 145 Å². The predicted molar refractivity (Wildman–Crippen MR) is 258 cm³/mol. The Balaban J connectivity index is 0.000000209. The molecule has 0 bridgehead atoms. The number of ether oxygens (including phenoxy) is 2. The van der Waals surface area contributed by atoms with Crippen LogP contribution in [0.3, 0.4) is 0 Å². The lowest BCUT2D eigenvalue weighted by molar-refractivity contribution is 0.0674. The van der Waals surface area contributed by atoms with Crippen molar-refractivity contribution in [2.45, 2.75) is 105 Å². The monoisotopic (exact) mass is 945 g/mol. The van der Waals surface area contributed by atoms with Crippen LogP contribution in [-0.4, -0.2) is 95.5 Å². The standard InChI is InChI=1S/C24H27F2N5O2.C22H25F2N5O2.2C2H6/c1-14-12-15-4-3-9-30(20(15)13-17(14)22(25)26)23-21-19(6-5-18(28-21)24(32)27-2)31(29-23)16-7-10-33-11-8-16;1-13-4-5-15(12-16(13)20(23)24)28(3)21-19-18(7-6-17(26-19)22(30)25-2)29(27-21)14-8-10-31-11-9-14;2*1-2/h5-6,12-13,16,22H,3-4,7-11H2,1-2H3,(H,27,32);4-7,12,14,20H,8-11H2,1-3H3,(H,25,30);2*1-2H3. The molecule has 0 spiro atoms. The summed E-state index contributed by atoms with van der Waals surface area (Å²) < 4.78 is 69.2. The van der Waals surface area contributed by atoms with Crippen molar-refractivity contribution in [3.8, 4) is 0 Å². The van der Waals surface area contributed by atoms with E-state index in [1.807, 2.05) is 60.2 Å². The molecular weight excluding hydrogens is 881 g/mol. The number of halogens is 4. The first kappa shape index (κ1) is 51.3. The molecule has 0 aliphatic carbocycles. The summed E-state index contributed by atoms with van der Waals surface area (Å²) in [5.41, 5.74) is 6.85. The molecule has 0 saturated carbocycles. The number of carbonyl (C=O) groups is 2. The highest BCUT2D eigenvalue weighted by atomic mass is 19.3. The maximum atomic E-state index is 13.7. The number of pyridine rings is 2. The molecule has 18 heteroatoms. The number of fused-ring (bicyclic) bond motifs is 3. The number of aromatic nitrogens is 6. The van der Waals surface area contributed by atoms with Crippen molar-refractivity contribution in [1.82, 2.24) is 40.2 Å². The van der Waals surface area contributed by atoms with Crippen LogP contribution in [0.4, 0.5) is 40.6 Å². The zero-order chi connectivity index (χ0) is 49.2. The van der Waals surface area contributed by atoms with Gasteiger partial charge in [0.1, 0.15) is 22.4 Å². The van der Waals surface area contributed by atoms with Gasteiger partial charge >= 0.3 is 0 Å². The van der Waals surface area contributed by atoms with Crippen LogP contribution >= 0.6 is 0 Å². The highest BCUT2D eigenvalue weighted by molar-refractivity contribution is 5.98. The minimum absolute atomic E-state index is 0.0171. The lowest BCUT2D eigenvalue weighted by Crippen LogP contribution is -2.26. The van der Waals surface area contributed by atoms with E-state index in [-0.39, 0.29) is 40.7 Å². The number of aryl methyl sites for hydroxylation is 3. The van der Waals surface area contributed by atoms with E-state index in [0.717, 1.165) is 60.8 Å². The fraction of sp³-hybridized carbons (Fsp3) is 0.480. The summed E-state index contributed by atoms with van der Waals surface area (Å²) in [6.07, 6.45) is -0.116. The number of nitrogens with zero attached hydrogens (tertiary/aromatic N) is 8. The zero-order valence-electron chi connectivity index (χ0n) is 40.5. The average Bonchev–Trinajstić information content (AvgIpc) is 3.96. The van der Waals surface area contributed by atoms with E-state index in [0.29, 0.717) is 78.1 Å². The first-order chi connectivity index (χ1) is 32.9. The van der Waals surface area contributed by atoms with Gasteiger partial charge in [-0.1, -0.05) is 39.8 Å². The number of amides is 2. The zero-order valence-corrected chi connectivity index (χ0v) is 40.5. The molecule has 14 nitrogen and oxygen atoms in total. The van der Waals surface area contributed by atoms with Crippen molar-refractivity contribution in [2.24, 2.45) is 0 Å². The van der Waals surface area contributed by atoms with E-state index in [2.05, 4.69) is 20.6 Å². The average molecular weight is 945 g/mol. The van der Waals surface area contributed by atoms with Gasteiger partial charge in [0, 0.05) is 76.6 Å². The Morgan fingerprint density at radius 1 is 0.691 bits per heavy atom. The van der Waals surface area contributed by atoms with Crippen LogP contribution in [0.1, 0.15) is 134 Å². The van der Waals surface area contributed by atoms with Crippen molar-refractivity contribution in [2.75, 3.05) is 63.9 Å². The molecule has 7 heterocycles. The first-order valence-electron chi connectivity index (χ1n) is 23.6. The fourth-order valence-corrected chi connectivity index (χ4v) is 8.76. The molecular formula is C50H64F4N10O4. The maximum absolute atomic E-state index is 13.7. The number of benzene rings is 2. The van der Waals surface area contributed by atoms with Crippen LogP contribution < -0.4 is 20.4 Å². The number of nitrogens with one attached hydrogen (secondary N) is 2. The number of alkyl halides is 4. The summed E-state index contributed by atoms with van der Waals surface area (Å²) in [7, 11) is 4.88. The van der Waals surface area contributed by atoms with Crippen molar-refractivity contribution in [1.29, 1.82) is 0 Å². The molecule has 9 rings (SSSR count). The van der Waals surface area contributed by atoms with Gasteiger partial charge in [-0.15, -0.1) is 0 Å². The Labute approximate surface area is 395 Å². The molecule has 0 radical (unpaired) electrons. The van der Waals surface area contributed by atoms with E-state index in [1.54, 1.807) is 70.2 Å². The second kappa shape index (κ2) is 23.2. The van der Waals surface area contributed by atoms with Crippen LogP contribution in [0.15, 0.2) is 54.6 Å². The summed E-state index contributed by atoms with van der Waals surface area (Å²) in [6, 6.07) is 15.8. The van der Waals surface area contributed by atoms with Crippen LogP contribution in [-0.2, 0) is 15.9 Å². The summed E-state index contributed by atoms with van der Waals surface area (Å²) in [4.78, 5) is 37.4. The van der Waals surface area contributed by atoms with Gasteiger partial charge in [-0.05, 0) is 112 Å². The number of rotatable bonds is 9. The van der Waals surface area contributed by atoms with Gasteiger partial charge in [0.25, 0.3) is 24.7 Å². The third kappa shape index (κ3) is 10.8. The Hall–Kier alpha value is -6.14. The van der Waals surface area contributed by atoms with Crippen molar-refractivity contribution >= 4 is 56.9 Å². The van der Waals surface area contributed by atoms with E-state index >= 15 is 0 Å². The first-order valence-corrected chi connectivity index (χ1v) is 23.6. The summed E-state index contributed by atoms with van der Waals surface area (Å²) >= 11 is 0. The maximum Gasteiger partial charge on any atom is 0.269 e. The molecule has 2 amide bonds. The number of hydrogen-bond donors (Lipinski definition) is 2.